The van der Waals surface area contributed by atoms with Crippen LogP contribution in [-0.4, -0.2) is 66.5 Å². The zero-order valence-corrected chi connectivity index (χ0v) is 16.6. The van der Waals surface area contributed by atoms with Gasteiger partial charge in [0.25, 0.3) is 0 Å². The number of carbonyl (C=O) groups is 2. The molecule has 0 unspecified atom stereocenters. The Balaban J connectivity index is 1.43. The van der Waals surface area contributed by atoms with Crippen molar-refractivity contribution in [3.63, 3.8) is 0 Å². The summed E-state index contributed by atoms with van der Waals surface area (Å²) in [6.07, 6.45) is 1.79. The molecule has 0 radical (unpaired) electrons. The summed E-state index contributed by atoms with van der Waals surface area (Å²) in [5.74, 6) is 0.726. The first kappa shape index (κ1) is 19.2. The lowest BCUT2D eigenvalue weighted by Gasteiger charge is -2.34. The van der Waals surface area contributed by atoms with Crippen LogP contribution in [0, 0.1) is 0 Å². The highest BCUT2D eigenvalue weighted by atomic mass is 16.2. The van der Waals surface area contributed by atoms with E-state index >= 15 is 0 Å². The second kappa shape index (κ2) is 8.48. The van der Waals surface area contributed by atoms with Crippen LogP contribution in [0.5, 0.6) is 0 Å². The maximum atomic E-state index is 12.8. The molecule has 8 heteroatoms. The van der Waals surface area contributed by atoms with Gasteiger partial charge in [-0.1, -0.05) is 24.3 Å². The highest BCUT2D eigenvalue weighted by Gasteiger charge is 2.23. The zero-order valence-electron chi connectivity index (χ0n) is 16.6. The quantitative estimate of drug-likeness (QED) is 0.825. The number of pyridine rings is 1. The molecule has 2 aromatic rings. The number of piperazine rings is 1. The maximum Gasteiger partial charge on any atom is 0.318 e. The number of anilines is 2. The largest absolute Gasteiger partial charge is 0.354 e. The van der Waals surface area contributed by atoms with Crippen LogP contribution < -0.4 is 15.5 Å². The normalized spacial score (nSPS) is 17.3. The molecule has 2 N–H and O–H groups in total. The van der Waals surface area contributed by atoms with E-state index < -0.39 is 0 Å². The van der Waals surface area contributed by atoms with E-state index in [1.165, 1.54) is 4.90 Å². The third-order valence-electron chi connectivity index (χ3n) is 5.37. The van der Waals surface area contributed by atoms with Crippen LogP contribution in [0.3, 0.4) is 0 Å². The van der Waals surface area contributed by atoms with Crippen molar-refractivity contribution in [2.75, 3.05) is 50.0 Å². The summed E-state index contributed by atoms with van der Waals surface area (Å²) >= 11 is 0. The summed E-state index contributed by atoms with van der Waals surface area (Å²) in [4.78, 5) is 35.6. The highest BCUT2D eigenvalue weighted by Crippen LogP contribution is 2.21. The van der Waals surface area contributed by atoms with Gasteiger partial charge in [-0.3, -0.25) is 4.79 Å². The number of carbonyl (C=O) groups excluding carboxylic acids is 2. The fraction of sp³-hybridized carbons (Fsp3) is 0.381. The summed E-state index contributed by atoms with van der Waals surface area (Å²) in [5.41, 5.74) is 2.66. The van der Waals surface area contributed by atoms with Crippen LogP contribution in [0.1, 0.15) is 11.1 Å². The van der Waals surface area contributed by atoms with Gasteiger partial charge in [-0.15, -0.1) is 0 Å². The Morgan fingerprint density at radius 3 is 2.72 bits per heavy atom. The number of hydrogen-bond acceptors (Lipinski definition) is 5. The minimum absolute atomic E-state index is 0.0267. The first-order chi connectivity index (χ1) is 14.1. The average molecular weight is 394 g/mol. The standard InChI is InChI=1S/C21H26N6O2/c1-25-9-11-26(12-10-25)20-16(6-4-8-22-20)13-23-21(29)27-14-17-5-2-3-7-18(17)24-19(28)15-27/h2-8H,9-15H2,1H3,(H,23,29)(H,24,28). The minimum atomic E-state index is -0.259. The zero-order chi connectivity index (χ0) is 20.2. The van der Waals surface area contributed by atoms with Gasteiger partial charge in [0.15, 0.2) is 0 Å². The minimum Gasteiger partial charge on any atom is -0.354 e. The molecule has 29 heavy (non-hydrogen) atoms. The van der Waals surface area contributed by atoms with E-state index in [-0.39, 0.29) is 18.5 Å². The van der Waals surface area contributed by atoms with Gasteiger partial charge in [-0.2, -0.15) is 0 Å². The molecule has 1 aromatic heterocycles. The molecule has 4 rings (SSSR count). The number of aromatic nitrogens is 1. The van der Waals surface area contributed by atoms with Crippen molar-refractivity contribution in [3.05, 3.63) is 53.7 Å². The van der Waals surface area contributed by atoms with E-state index in [0.29, 0.717) is 13.1 Å². The SMILES string of the molecule is CN1CCN(c2ncccc2CNC(=O)N2CC(=O)Nc3ccccc3C2)CC1. The Morgan fingerprint density at radius 2 is 1.90 bits per heavy atom. The van der Waals surface area contributed by atoms with E-state index in [2.05, 4.69) is 32.5 Å². The molecule has 3 heterocycles. The van der Waals surface area contributed by atoms with Crippen molar-refractivity contribution in [1.82, 2.24) is 20.1 Å². The predicted molar refractivity (Wildman–Crippen MR) is 112 cm³/mol. The van der Waals surface area contributed by atoms with Crippen molar-refractivity contribution in [2.45, 2.75) is 13.1 Å². The molecule has 0 saturated carbocycles. The van der Waals surface area contributed by atoms with E-state index in [1.54, 1.807) is 6.20 Å². The van der Waals surface area contributed by atoms with Crippen LogP contribution >= 0.6 is 0 Å². The smallest absolute Gasteiger partial charge is 0.318 e. The fourth-order valence-corrected chi connectivity index (χ4v) is 3.70. The summed E-state index contributed by atoms with van der Waals surface area (Å²) in [7, 11) is 2.12. The molecular formula is C21H26N6O2. The number of fused-ring (bicyclic) bond motifs is 1. The summed E-state index contributed by atoms with van der Waals surface area (Å²) in [6, 6.07) is 11.2. The maximum absolute atomic E-state index is 12.8. The number of benzene rings is 1. The molecule has 0 aliphatic carbocycles. The van der Waals surface area contributed by atoms with E-state index in [4.69, 9.17) is 0 Å². The van der Waals surface area contributed by atoms with Gasteiger partial charge in [-0.25, -0.2) is 9.78 Å². The molecule has 0 bridgehead atoms. The molecule has 3 amide bonds. The predicted octanol–water partition coefficient (Wildman–Crippen LogP) is 1.50. The summed E-state index contributed by atoms with van der Waals surface area (Å²) in [5, 5.41) is 5.82. The second-order valence-electron chi connectivity index (χ2n) is 7.50. The molecule has 0 spiro atoms. The van der Waals surface area contributed by atoms with E-state index in [1.807, 2.05) is 36.4 Å². The highest BCUT2D eigenvalue weighted by molar-refractivity contribution is 5.96. The van der Waals surface area contributed by atoms with Crippen molar-refractivity contribution < 1.29 is 9.59 Å². The van der Waals surface area contributed by atoms with Crippen LogP contribution in [0.15, 0.2) is 42.6 Å². The Bertz CT molecular complexity index is 894. The van der Waals surface area contributed by atoms with Gasteiger partial charge in [0.05, 0.1) is 6.54 Å². The number of rotatable bonds is 3. The Labute approximate surface area is 170 Å². The van der Waals surface area contributed by atoms with Crippen molar-refractivity contribution in [1.29, 1.82) is 0 Å². The Kier molecular flexibility index (Phi) is 5.62. The first-order valence-electron chi connectivity index (χ1n) is 9.88. The van der Waals surface area contributed by atoms with Crippen LogP contribution in [-0.2, 0) is 17.9 Å². The van der Waals surface area contributed by atoms with Gasteiger partial charge in [-0.05, 0) is 24.7 Å². The molecule has 152 valence electrons. The lowest BCUT2D eigenvalue weighted by atomic mass is 10.2. The van der Waals surface area contributed by atoms with Gasteiger partial charge < -0.3 is 25.3 Å². The third kappa shape index (κ3) is 4.48. The number of urea groups is 1. The fourth-order valence-electron chi connectivity index (χ4n) is 3.70. The van der Waals surface area contributed by atoms with Crippen LogP contribution in [0.4, 0.5) is 16.3 Å². The Morgan fingerprint density at radius 1 is 1.10 bits per heavy atom. The van der Waals surface area contributed by atoms with Gasteiger partial charge in [0.1, 0.15) is 12.4 Å². The molecular weight excluding hydrogens is 368 g/mol. The molecule has 0 atom stereocenters. The van der Waals surface area contributed by atoms with Gasteiger partial charge in [0, 0.05) is 50.2 Å². The molecule has 1 saturated heterocycles. The van der Waals surface area contributed by atoms with E-state index in [9.17, 15) is 9.59 Å². The Hall–Kier alpha value is -3.13. The number of hydrogen-bond donors (Lipinski definition) is 2. The number of nitrogens with zero attached hydrogens (tertiary/aromatic N) is 4. The molecule has 2 aliphatic rings. The molecule has 8 nitrogen and oxygen atoms in total. The van der Waals surface area contributed by atoms with Gasteiger partial charge in [0.2, 0.25) is 5.91 Å². The number of nitrogens with one attached hydrogen (secondary N) is 2. The van der Waals surface area contributed by atoms with Gasteiger partial charge >= 0.3 is 6.03 Å². The summed E-state index contributed by atoms with van der Waals surface area (Å²) in [6.45, 7) is 4.59. The monoisotopic (exact) mass is 394 g/mol. The first-order valence-corrected chi connectivity index (χ1v) is 9.88. The number of para-hydroxylation sites is 1. The molecule has 1 fully saturated rings. The second-order valence-corrected chi connectivity index (χ2v) is 7.50. The number of amides is 3. The topological polar surface area (TPSA) is 80.8 Å². The summed E-state index contributed by atoms with van der Waals surface area (Å²) < 4.78 is 0. The van der Waals surface area contributed by atoms with Crippen molar-refractivity contribution in [2.24, 2.45) is 0 Å². The number of likely N-dealkylation sites (N-methyl/N-ethyl adjacent to an activating group) is 1. The molecule has 1 aromatic carbocycles. The van der Waals surface area contributed by atoms with Crippen LogP contribution in [0.25, 0.3) is 0 Å². The molecule has 2 aliphatic heterocycles. The van der Waals surface area contributed by atoms with Crippen molar-refractivity contribution >= 4 is 23.4 Å². The lowest BCUT2D eigenvalue weighted by molar-refractivity contribution is -0.116. The van der Waals surface area contributed by atoms with E-state index in [0.717, 1.165) is 48.8 Å². The van der Waals surface area contributed by atoms with Crippen LogP contribution in [0.2, 0.25) is 0 Å². The van der Waals surface area contributed by atoms with Crippen molar-refractivity contribution in [3.8, 4) is 0 Å². The average Bonchev–Trinajstić information content (AvgIpc) is 2.91. The lowest BCUT2D eigenvalue weighted by Crippen LogP contribution is -2.45. The third-order valence-corrected chi connectivity index (χ3v) is 5.37.